The van der Waals surface area contributed by atoms with E-state index >= 15 is 0 Å². The van der Waals surface area contributed by atoms with E-state index in [1.165, 1.54) is 5.57 Å². The fraction of sp³-hybridized carbons (Fsp3) is 0.533. The molecule has 0 unspecified atom stereocenters. The largest absolute Gasteiger partial charge is 0.458 e. The number of carbonyl (C=O) groups is 1. The molecule has 3 atom stereocenters. The maximum atomic E-state index is 11.6. The van der Waals surface area contributed by atoms with E-state index in [0.717, 1.165) is 24.8 Å². The summed E-state index contributed by atoms with van der Waals surface area (Å²) >= 11 is 0. The third kappa shape index (κ3) is 2.56. The molecule has 0 spiro atoms. The van der Waals surface area contributed by atoms with Crippen LogP contribution < -0.4 is 0 Å². The van der Waals surface area contributed by atoms with Crippen molar-refractivity contribution in [2.24, 2.45) is 5.92 Å². The highest BCUT2D eigenvalue weighted by Crippen LogP contribution is 2.36. The van der Waals surface area contributed by atoms with Crippen LogP contribution in [0.5, 0.6) is 0 Å². The predicted octanol–water partition coefficient (Wildman–Crippen LogP) is 2.52. The molecule has 2 aliphatic rings. The molecule has 0 aromatic rings. The van der Waals surface area contributed by atoms with Gasteiger partial charge in [-0.05, 0) is 31.8 Å². The van der Waals surface area contributed by atoms with Gasteiger partial charge in [0.05, 0.1) is 6.10 Å². The normalized spacial score (nSPS) is 33.8. The smallest absolute Gasteiger partial charge is 0.334 e. The second kappa shape index (κ2) is 5.11. The van der Waals surface area contributed by atoms with E-state index in [0.29, 0.717) is 12.0 Å². The van der Waals surface area contributed by atoms with Gasteiger partial charge in [-0.15, -0.1) is 0 Å². The van der Waals surface area contributed by atoms with Crippen LogP contribution in [-0.4, -0.2) is 23.3 Å². The molecule has 98 valence electrons. The quantitative estimate of drug-likeness (QED) is 0.407. The minimum absolute atomic E-state index is 0.0919. The molecule has 0 radical (unpaired) electrons. The number of hydrogen-bond donors (Lipinski definition) is 1. The summed E-state index contributed by atoms with van der Waals surface area (Å²) in [6.45, 7) is 9.76. The van der Waals surface area contributed by atoms with Gasteiger partial charge in [-0.25, -0.2) is 4.79 Å². The molecule has 3 nitrogen and oxygen atoms in total. The van der Waals surface area contributed by atoms with Crippen molar-refractivity contribution in [2.75, 3.05) is 0 Å². The van der Waals surface area contributed by atoms with Crippen LogP contribution in [0.25, 0.3) is 0 Å². The topological polar surface area (TPSA) is 46.5 Å². The molecule has 0 aromatic heterocycles. The SMILES string of the molecule is C=C1C(=O)O[C@@H]2CC(C)=CCCC(=C)[C@@H](O)C[C@H]12. The molecular weight excluding hydrogens is 228 g/mol. The molecule has 1 heterocycles. The number of hydrogen-bond acceptors (Lipinski definition) is 3. The molecule has 1 aliphatic carbocycles. The van der Waals surface area contributed by atoms with Crippen LogP contribution in [0.1, 0.15) is 32.6 Å². The lowest BCUT2D eigenvalue weighted by atomic mass is 9.84. The molecule has 1 fully saturated rings. The Morgan fingerprint density at radius 3 is 2.89 bits per heavy atom. The highest BCUT2D eigenvalue weighted by molar-refractivity contribution is 5.90. The van der Waals surface area contributed by atoms with Crippen LogP contribution in [0, 0.1) is 5.92 Å². The van der Waals surface area contributed by atoms with E-state index < -0.39 is 6.10 Å². The summed E-state index contributed by atoms with van der Waals surface area (Å²) in [5, 5.41) is 10.1. The Hall–Kier alpha value is -1.35. The first-order chi connectivity index (χ1) is 8.49. The van der Waals surface area contributed by atoms with E-state index in [4.69, 9.17) is 4.74 Å². The molecule has 1 aliphatic heterocycles. The zero-order valence-corrected chi connectivity index (χ0v) is 10.8. The van der Waals surface area contributed by atoms with Crippen LogP contribution in [0.2, 0.25) is 0 Å². The Bertz CT molecular complexity index is 419. The average Bonchev–Trinajstić information content (AvgIpc) is 2.56. The Labute approximate surface area is 108 Å². The Kier molecular flexibility index (Phi) is 3.71. The average molecular weight is 248 g/mol. The van der Waals surface area contributed by atoms with Crippen molar-refractivity contribution < 1.29 is 14.6 Å². The maximum Gasteiger partial charge on any atom is 0.334 e. The number of aliphatic hydroxyl groups excluding tert-OH is 1. The first kappa shape index (κ1) is 13.1. The van der Waals surface area contributed by atoms with Gasteiger partial charge in [0.2, 0.25) is 0 Å². The number of rotatable bonds is 0. The minimum Gasteiger partial charge on any atom is -0.458 e. The number of esters is 1. The van der Waals surface area contributed by atoms with Gasteiger partial charge in [0.25, 0.3) is 0 Å². The number of carbonyl (C=O) groups excluding carboxylic acids is 1. The van der Waals surface area contributed by atoms with Crippen LogP contribution in [-0.2, 0) is 9.53 Å². The van der Waals surface area contributed by atoms with Crippen molar-refractivity contribution in [3.8, 4) is 0 Å². The molecule has 0 bridgehead atoms. The lowest BCUT2D eigenvalue weighted by Gasteiger charge is -2.23. The predicted molar refractivity (Wildman–Crippen MR) is 69.9 cm³/mol. The molecule has 18 heavy (non-hydrogen) atoms. The number of fused-ring (bicyclic) bond motifs is 1. The lowest BCUT2D eigenvalue weighted by Crippen LogP contribution is -2.24. The van der Waals surface area contributed by atoms with Crippen LogP contribution in [0.3, 0.4) is 0 Å². The summed E-state index contributed by atoms with van der Waals surface area (Å²) in [4.78, 5) is 11.6. The molecular formula is C15H20O3. The molecule has 2 rings (SSSR count). The van der Waals surface area contributed by atoms with Gasteiger partial charge in [0, 0.05) is 17.9 Å². The zero-order valence-electron chi connectivity index (χ0n) is 10.8. The molecule has 0 amide bonds. The molecule has 1 saturated heterocycles. The van der Waals surface area contributed by atoms with E-state index in [-0.39, 0.29) is 18.0 Å². The van der Waals surface area contributed by atoms with Gasteiger partial charge >= 0.3 is 5.97 Å². The molecule has 1 N–H and O–H groups in total. The van der Waals surface area contributed by atoms with Crippen LogP contribution in [0.4, 0.5) is 0 Å². The Balaban J connectivity index is 2.25. The number of ether oxygens (including phenoxy) is 1. The summed E-state index contributed by atoms with van der Waals surface area (Å²) in [6, 6.07) is 0. The van der Waals surface area contributed by atoms with Crippen molar-refractivity contribution in [3.63, 3.8) is 0 Å². The highest BCUT2D eigenvalue weighted by Gasteiger charge is 2.39. The second-order valence-corrected chi connectivity index (χ2v) is 5.28. The summed E-state index contributed by atoms with van der Waals surface area (Å²) < 4.78 is 5.34. The summed E-state index contributed by atoms with van der Waals surface area (Å²) in [7, 11) is 0. The minimum atomic E-state index is -0.574. The maximum absolute atomic E-state index is 11.6. The third-order valence-electron chi connectivity index (χ3n) is 3.85. The molecule has 0 saturated carbocycles. The van der Waals surface area contributed by atoms with E-state index in [1.54, 1.807) is 0 Å². The van der Waals surface area contributed by atoms with Gasteiger partial charge < -0.3 is 9.84 Å². The number of aliphatic hydroxyl groups is 1. The van der Waals surface area contributed by atoms with E-state index in [9.17, 15) is 9.90 Å². The molecule has 3 heteroatoms. The molecule has 0 aromatic carbocycles. The van der Waals surface area contributed by atoms with Crippen molar-refractivity contribution in [1.82, 2.24) is 0 Å². The van der Waals surface area contributed by atoms with Crippen LogP contribution >= 0.6 is 0 Å². The lowest BCUT2D eigenvalue weighted by molar-refractivity contribution is -0.139. The van der Waals surface area contributed by atoms with Gasteiger partial charge in [-0.2, -0.15) is 0 Å². The monoisotopic (exact) mass is 248 g/mol. The van der Waals surface area contributed by atoms with Gasteiger partial charge in [0.15, 0.2) is 0 Å². The van der Waals surface area contributed by atoms with Crippen molar-refractivity contribution in [2.45, 2.75) is 44.8 Å². The van der Waals surface area contributed by atoms with Crippen LogP contribution in [0.15, 0.2) is 36.0 Å². The Morgan fingerprint density at radius 1 is 1.44 bits per heavy atom. The first-order valence-corrected chi connectivity index (χ1v) is 6.40. The first-order valence-electron chi connectivity index (χ1n) is 6.40. The zero-order chi connectivity index (χ0) is 13.3. The van der Waals surface area contributed by atoms with E-state index in [1.807, 2.05) is 6.92 Å². The van der Waals surface area contributed by atoms with Gasteiger partial charge in [0.1, 0.15) is 6.10 Å². The summed E-state index contributed by atoms with van der Waals surface area (Å²) in [6.07, 6.45) is 4.27. The van der Waals surface area contributed by atoms with E-state index in [2.05, 4.69) is 19.2 Å². The standard InChI is InChI=1S/C15H20O3/c1-9-5-4-6-10(2)13(16)8-12-11(3)15(17)18-14(12)7-9/h5,12-14,16H,2-4,6-8H2,1H3/t12-,13+,14-/m1/s1. The van der Waals surface area contributed by atoms with Crippen molar-refractivity contribution >= 4 is 5.97 Å². The van der Waals surface area contributed by atoms with Crippen molar-refractivity contribution in [1.29, 1.82) is 0 Å². The third-order valence-corrected chi connectivity index (χ3v) is 3.85. The van der Waals surface area contributed by atoms with Gasteiger partial charge in [-0.3, -0.25) is 0 Å². The summed E-state index contributed by atoms with van der Waals surface area (Å²) in [5.74, 6) is -0.416. The van der Waals surface area contributed by atoms with Crippen molar-refractivity contribution in [3.05, 3.63) is 36.0 Å². The number of allylic oxidation sites excluding steroid dienone is 1. The fourth-order valence-corrected chi connectivity index (χ4v) is 2.63. The second-order valence-electron chi connectivity index (χ2n) is 5.28. The highest BCUT2D eigenvalue weighted by atomic mass is 16.6. The van der Waals surface area contributed by atoms with Gasteiger partial charge in [-0.1, -0.05) is 24.8 Å². The fourth-order valence-electron chi connectivity index (χ4n) is 2.63. The summed E-state index contributed by atoms with van der Waals surface area (Å²) in [5.41, 5.74) is 2.53. The Morgan fingerprint density at radius 2 is 2.17 bits per heavy atom.